The molecule has 3 aliphatic rings. The van der Waals surface area contributed by atoms with E-state index in [0.29, 0.717) is 64.5 Å². The molecule has 3 aromatic rings. The Kier molecular flexibility index (Phi) is 8.92. The van der Waals surface area contributed by atoms with Crippen molar-refractivity contribution in [3.05, 3.63) is 64.5 Å². The van der Waals surface area contributed by atoms with Gasteiger partial charge in [0.05, 0.1) is 24.3 Å². The lowest BCUT2D eigenvalue weighted by molar-refractivity contribution is 0.0360. The van der Waals surface area contributed by atoms with Crippen LogP contribution in [0.25, 0.3) is 10.9 Å². The van der Waals surface area contributed by atoms with E-state index in [1.54, 1.807) is 23.0 Å². The summed E-state index contributed by atoms with van der Waals surface area (Å²) in [5.74, 6) is 3.85. The number of aromatic nitrogens is 2. The van der Waals surface area contributed by atoms with Gasteiger partial charge in [0, 0.05) is 50.0 Å². The first-order chi connectivity index (χ1) is 21.5. The first kappa shape index (κ1) is 31.5. The smallest absolute Gasteiger partial charge is 0.261 e. The van der Waals surface area contributed by atoms with Crippen LogP contribution in [0.4, 0.5) is 10.1 Å². The van der Waals surface area contributed by atoms with Crippen LogP contribution in [0.2, 0.25) is 0 Å². The maximum atomic E-state index is 14.5. The van der Waals surface area contributed by atoms with E-state index in [9.17, 15) is 9.18 Å². The van der Waals surface area contributed by atoms with Crippen LogP contribution in [-0.2, 0) is 13.0 Å². The highest BCUT2D eigenvalue weighted by Gasteiger charge is 2.51. The molecule has 2 N–H and O–H groups in total. The van der Waals surface area contributed by atoms with Crippen LogP contribution in [0.15, 0.2) is 52.5 Å². The second-order valence-corrected chi connectivity index (χ2v) is 14.4. The van der Waals surface area contributed by atoms with E-state index >= 15 is 0 Å². The first-order valence-corrected chi connectivity index (χ1v) is 16.7. The summed E-state index contributed by atoms with van der Waals surface area (Å²) < 4.78 is 21.1. The Morgan fingerprint density at radius 1 is 1.13 bits per heavy atom. The Balaban J connectivity index is 1.21. The van der Waals surface area contributed by atoms with Crippen LogP contribution >= 0.6 is 0 Å². The Morgan fingerprint density at radius 2 is 1.91 bits per heavy atom. The predicted octanol–water partition coefficient (Wildman–Crippen LogP) is 5.95. The van der Waals surface area contributed by atoms with Gasteiger partial charge in [-0.25, -0.2) is 9.37 Å². The van der Waals surface area contributed by atoms with Gasteiger partial charge < -0.3 is 20.3 Å². The molecule has 0 spiro atoms. The van der Waals surface area contributed by atoms with E-state index in [2.05, 4.69) is 55.1 Å². The fourth-order valence-corrected chi connectivity index (χ4v) is 8.48. The molecular formula is C36H49FN6O2. The molecule has 0 radical (unpaired) electrons. The average Bonchev–Trinajstić information content (AvgIpc) is 3.18. The minimum Gasteiger partial charge on any atom is -0.497 e. The zero-order valence-electron chi connectivity index (χ0n) is 27.6. The molecule has 6 rings (SSSR count). The van der Waals surface area contributed by atoms with E-state index in [0.717, 1.165) is 43.1 Å². The van der Waals surface area contributed by atoms with Gasteiger partial charge in [0.2, 0.25) is 0 Å². The van der Waals surface area contributed by atoms with Crippen molar-refractivity contribution in [3.8, 4) is 5.75 Å². The normalized spacial score (nSPS) is 28.0. The number of benzene rings is 2. The Labute approximate surface area is 266 Å². The summed E-state index contributed by atoms with van der Waals surface area (Å²) in [5.41, 5.74) is 2.32. The highest BCUT2D eigenvalue weighted by atomic mass is 19.1. The zero-order chi connectivity index (χ0) is 31.9. The number of nitrogens with zero attached hydrogens (tertiary/aromatic N) is 4. The summed E-state index contributed by atoms with van der Waals surface area (Å²) in [6.45, 7) is 14.8. The molecule has 1 aromatic heterocycles. The highest BCUT2D eigenvalue weighted by Crippen LogP contribution is 2.58. The molecule has 8 nitrogen and oxygen atoms in total. The summed E-state index contributed by atoms with van der Waals surface area (Å²) in [5, 5.41) is 7.81. The molecule has 1 saturated heterocycles. The fourth-order valence-electron chi connectivity index (χ4n) is 8.48. The predicted molar refractivity (Wildman–Crippen MR) is 179 cm³/mol. The third kappa shape index (κ3) is 6.46. The molecule has 242 valence electrons. The molecule has 3 fully saturated rings. The number of halogens is 1. The number of anilines is 1. The number of fused-ring (bicyclic) bond motifs is 3. The molecule has 6 atom stereocenters. The zero-order valence-corrected chi connectivity index (χ0v) is 27.6. The molecule has 45 heavy (non-hydrogen) atoms. The van der Waals surface area contributed by atoms with Crippen LogP contribution in [0.3, 0.4) is 0 Å². The summed E-state index contributed by atoms with van der Waals surface area (Å²) in [6.07, 6.45) is 5.89. The van der Waals surface area contributed by atoms with Crippen molar-refractivity contribution in [1.82, 2.24) is 19.8 Å². The lowest BCUT2D eigenvalue weighted by Gasteiger charge is -2.46. The van der Waals surface area contributed by atoms with Crippen LogP contribution < -0.4 is 20.9 Å². The first-order valence-electron chi connectivity index (χ1n) is 16.7. The maximum absolute atomic E-state index is 14.5. The van der Waals surface area contributed by atoms with Gasteiger partial charge in [-0.15, -0.1) is 0 Å². The SMILES string of the molecule is COc1ccc(CCn2cnc3cc(NC(=NC[C@@H]4C[C@@H]5CC[C@H]([C@H]4C)C5(C)C)N4C[C@@H](C)N[C@@H](C)C4)ccc3c2=O)c(F)c1. The lowest BCUT2D eigenvalue weighted by atomic mass is 9.60. The third-order valence-corrected chi connectivity index (χ3v) is 11.1. The minimum absolute atomic E-state index is 0.136. The van der Waals surface area contributed by atoms with Crippen LogP contribution in [-0.4, -0.2) is 59.2 Å². The number of nitrogens with one attached hydrogen (secondary N) is 2. The number of guanidine groups is 1. The fraction of sp³-hybridized carbons (Fsp3) is 0.583. The van der Waals surface area contributed by atoms with Crippen LogP contribution in [0.5, 0.6) is 5.75 Å². The quantitative estimate of drug-likeness (QED) is 0.252. The minimum atomic E-state index is -0.341. The molecule has 9 heteroatoms. The average molecular weight is 617 g/mol. The number of rotatable bonds is 7. The topological polar surface area (TPSA) is 83.8 Å². The highest BCUT2D eigenvalue weighted by molar-refractivity contribution is 5.95. The lowest BCUT2D eigenvalue weighted by Crippen LogP contribution is -2.57. The Morgan fingerprint density at radius 3 is 2.64 bits per heavy atom. The second-order valence-electron chi connectivity index (χ2n) is 14.4. The van der Waals surface area contributed by atoms with Crippen molar-refractivity contribution in [2.45, 2.75) is 78.9 Å². The van der Waals surface area contributed by atoms with Crippen molar-refractivity contribution < 1.29 is 9.13 Å². The number of ether oxygens (including phenoxy) is 1. The summed E-state index contributed by atoms with van der Waals surface area (Å²) in [7, 11) is 1.51. The maximum Gasteiger partial charge on any atom is 0.261 e. The molecule has 2 aromatic carbocycles. The molecule has 2 heterocycles. The van der Waals surface area contributed by atoms with Gasteiger partial charge in [0.1, 0.15) is 11.6 Å². The third-order valence-electron chi connectivity index (χ3n) is 11.1. The Bertz CT molecular complexity index is 1610. The van der Waals surface area contributed by atoms with Gasteiger partial charge in [-0.2, -0.15) is 0 Å². The largest absolute Gasteiger partial charge is 0.497 e. The standard InChI is InChI=1S/C36H49FN6O2/c1-22-19-43(20-23(2)40-22)35(38-18-26-15-27-8-12-31(24(26)3)36(27,4)5)41-28-9-11-30-33(16-28)39-21-42(34(30)44)14-13-25-7-10-29(45-6)17-32(25)37/h7,9-11,16-17,21-24,26-27,31,40H,8,12-15,18-20H2,1-6H3,(H,38,41)/t22-,23+,24-,26-,27-,31+/m0/s1. The molecule has 2 saturated carbocycles. The molecule has 0 unspecified atom stereocenters. The van der Waals surface area contributed by atoms with Gasteiger partial charge in [0.25, 0.3) is 5.56 Å². The number of piperazine rings is 1. The van der Waals surface area contributed by atoms with E-state index in [1.807, 2.05) is 18.2 Å². The van der Waals surface area contributed by atoms with E-state index in [-0.39, 0.29) is 11.4 Å². The molecule has 2 aliphatic carbocycles. The molecule has 2 bridgehead atoms. The molecular weight excluding hydrogens is 567 g/mol. The summed E-state index contributed by atoms with van der Waals surface area (Å²) in [4.78, 5) is 25.6. The van der Waals surface area contributed by atoms with Crippen molar-refractivity contribution in [3.63, 3.8) is 0 Å². The molecule has 1 aliphatic heterocycles. The number of hydrogen-bond donors (Lipinski definition) is 2. The van der Waals surface area contributed by atoms with Crippen molar-refractivity contribution in [2.24, 2.45) is 34.1 Å². The number of hydrogen-bond acceptors (Lipinski definition) is 5. The van der Waals surface area contributed by atoms with Gasteiger partial charge in [-0.1, -0.05) is 26.8 Å². The van der Waals surface area contributed by atoms with Crippen molar-refractivity contribution in [2.75, 3.05) is 32.1 Å². The van der Waals surface area contributed by atoms with E-state index in [4.69, 9.17) is 9.73 Å². The van der Waals surface area contributed by atoms with E-state index < -0.39 is 0 Å². The second kappa shape index (κ2) is 12.7. The van der Waals surface area contributed by atoms with Crippen molar-refractivity contribution in [1.29, 1.82) is 0 Å². The van der Waals surface area contributed by atoms with E-state index in [1.165, 1.54) is 32.4 Å². The van der Waals surface area contributed by atoms with Crippen LogP contribution in [0.1, 0.15) is 59.4 Å². The van der Waals surface area contributed by atoms with Crippen molar-refractivity contribution >= 4 is 22.5 Å². The Hall–Kier alpha value is -3.46. The summed E-state index contributed by atoms with van der Waals surface area (Å²) >= 11 is 0. The number of methoxy groups -OCH3 is 1. The van der Waals surface area contributed by atoms with Gasteiger partial charge in [-0.3, -0.25) is 14.4 Å². The van der Waals surface area contributed by atoms with Gasteiger partial charge in [0.15, 0.2) is 5.96 Å². The van der Waals surface area contributed by atoms with Gasteiger partial charge >= 0.3 is 0 Å². The summed E-state index contributed by atoms with van der Waals surface area (Å²) in [6, 6.07) is 11.2. The van der Waals surface area contributed by atoms with Gasteiger partial charge in [-0.05, 0) is 98.4 Å². The number of aryl methyl sites for hydroxylation is 2. The number of aliphatic imine (C=N–C) groups is 1. The molecule has 0 amide bonds. The monoisotopic (exact) mass is 616 g/mol. The van der Waals surface area contributed by atoms with Crippen LogP contribution in [0, 0.1) is 34.9 Å².